The number of pyridine rings is 1. The van der Waals surface area contributed by atoms with E-state index in [-0.39, 0.29) is 10.6 Å². The molecule has 2 aliphatic rings. The molecule has 3 heterocycles. The Morgan fingerprint density at radius 3 is 2.95 bits per heavy atom. The molecule has 0 bridgehead atoms. The molecule has 108 valence electrons. The molecule has 5 nitrogen and oxygen atoms in total. The van der Waals surface area contributed by atoms with E-state index in [9.17, 15) is 4.79 Å². The lowest BCUT2D eigenvalue weighted by molar-refractivity contribution is 0.0697. The maximum atomic E-state index is 11.2. The first-order valence-electron chi connectivity index (χ1n) is 7.03. The van der Waals surface area contributed by atoms with Crippen LogP contribution in [0.15, 0.2) is 12.3 Å². The van der Waals surface area contributed by atoms with Crippen LogP contribution >= 0.6 is 11.6 Å². The van der Waals surface area contributed by atoms with Gasteiger partial charge in [0.2, 0.25) is 0 Å². The van der Waals surface area contributed by atoms with Gasteiger partial charge in [0.05, 0.1) is 10.6 Å². The highest BCUT2D eigenvalue weighted by Gasteiger charge is 2.29. The number of rotatable bonds is 2. The lowest BCUT2D eigenvalue weighted by Gasteiger charge is -2.26. The molecule has 20 heavy (non-hydrogen) atoms. The second kappa shape index (κ2) is 5.58. The third-order valence-corrected chi connectivity index (χ3v) is 4.50. The van der Waals surface area contributed by atoms with Gasteiger partial charge >= 0.3 is 5.97 Å². The Morgan fingerprint density at radius 2 is 2.15 bits per heavy atom. The highest BCUT2D eigenvalue weighted by molar-refractivity contribution is 6.33. The molecule has 6 heteroatoms. The van der Waals surface area contributed by atoms with Crippen LogP contribution in [0.3, 0.4) is 0 Å². The van der Waals surface area contributed by atoms with Gasteiger partial charge in [-0.05, 0) is 31.9 Å². The summed E-state index contributed by atoms with van der Waals surface area (Å²) < 4.78 is 0. The van der Waals surface area contributed by atoms with Crippen LogP contribution in [-0.2, 0) is 0 Å². The normalized spacial score (nSPS) is 23.4. The third kappa shape index (κ3) is 2.60. The second-order valence-electron chi connectivity index (χ2n) is 5.46. The lowest BCUT2D eigenvalue weighted by atomic mass is 10.2. The van der Waals surface area contributed by atoms with Crippen LogP contribution in [0.4, 0.5) is 5.82 Å². The van der Waals surface area contributed by atoms with Gasteiger partial charge in [-0.15, -0.1) is 0 Å². The van der Waals surface area contributed by atoms with Gasteiger partial charge in [-0.1, -0.05) is 11.6 Å². The molecule has 0 aromatic carbocycles. The number of aromatic nitrogens is 1. The molecule has 2 fully saturated rings. The fraction of sp³-hybridized carbons (Fsp3) is 0.571. The molecule has 2 aliphatic heterocycles. The van der Waals surface area contributed by atoms with Gasteiger partial charge in [0.15, 0.2) is 0 Å². The first kappa shape index (κ1) is 13.6. The van der Waals surface area contributed by atoms with Crippen LogP contribution in [0.5, 0.6) is 0 Å². The molecule has 1 aromatic heterocycles. The number of carboxylic acids is 1. The molecule has 0 amide bonds. The fourth-order valence-electron chi connectivity index (χ4n) is 3.18. The van der Waals surface area contributed by atoms with Crippen LogP contribution in [0.1, 0.15) is 29.6 Å². The van der Waals surface area contributed by atoms with Crippen LogP contribution in [0.25, 0.3) is 0 Å². The van der Waals surface area contributed by atoms with Crippen LogP contribution in [-0.4, -0.2) is 53.2 Å². The first-order chi connectivity index (χ1) is 9.65. The molecule has 0 radical (unpaired) electrons. The Bertz CT molecular complexity index is 523. The average Bonchev–Trinajstić information content (AvgIpc) is 2.76. The minimum Gasteiger partial charge on any atom is -0.478 e. The molecule has 0 spiro atoms. The monoisotopic (exact) mass is 295 g/mol. The zero-order valence-corrected chi connectivity index (χ0v) is 12.0. The number of halogens is 1. The van der Waals surface area contributed by atoms with Crippen molar-refractivity contribution in [2.24, 2.45) is 0 Å². The van der Waals surface area contributed by atoms with E-state index >= 15 is 0 Å². The number of nitrogens with zero attached hydrogens (tertiary/aromatic N) is 3. The molecular weight excluding hydrogens is 278 g/mol. The predicted molar refractivity (Wildman–Crippen MR) is 77.6 cm³/mol. The zero-order chi connectivity index (χ0) is 14.1. The first-order valence-corrected chi connectivity index (χ1v) is 7.41. The largest absolute Gasteiger partial charge is 0.478 e. The van der Waals surface area contributed by atoms with E-state index in [0.29, 0.717) is 6.04 Å². The Hall–Kier alpha value is -1.33. The quantitative estimate of drug-likeness (QED) is 0.905. The number of carbonyl (C=O) groups is 1. The Kier molecular flexibility index (Phi) is 3.81. The number of hydrogen-bond acceptors (Lipinski definition) is 4. The summed E-state index contributed by atoms with van der Waals surface area (Å²) in [6.07, 6.45) is 5.00. The summed E-state index contributed by atoms with van der Waals surface area (Å²) in [5, 5.41) is 9.35. The topological polar surface area (TPSA) is 56.7 Å². The van der Waals surface area contributed by atoms with E-state index in [1.807, 2.05) is 0 Å². The predicted octanol–water partition coefficient (Wildman–Crippen LogP) is 2.11. The van der Waals surface area contributed by atoms with E-state index < -0.39 is 5.97 Å². The minimum absolute atomic E-state index is 0.129. The molecule has 1 aromatic rings. The molecule has 0 aliphatic carbocycles. The third-order valence-electron chi connectivity index (χ3n) is 4.20. The maximum absolute atomic E-state index is 11.2. The zero-order valence-electron chi connectivity index (χ0n) is 11.3. The Balaban J connectivity index is 1.84. The fourth-order valence-corrected chi connectivity index (χ4v) is 3.36. The second-order valence-corrected chi connectivity index (χ2v) is 5.87. The van der Waals surface area contributed by atoms with E-state index in [0.717, 1.165) is 31.9 Å². The van der Waals surface area contributed by atoms with Gasteiger partial charge in [-0.3, -0.25) is 4.90 Å². The van der Waals surface area contributed by atoms with Crippen LogP contribution in [0, 0.1) is 0 Å². The van der Waals surface area contributed by atoms with Crippen LogP contribution in [0.2, 0.25) is 5.02 Å². The lowest BCUT2D eigenvalue weighted by Crippen LogP contribution is -2.37. The number of aromatic carboxylic acids is 1. The van der Waals surface area contributed by atoms with Crippen molar-refractivity contribution >= 4 is 23.4 Å². The molecule has 0 saturated carbocycles. The number of hydrogen-bond donors (Lipinski definition) is 1. The summed E-state index contributed by atoms with van der Waals surface area (Å²) in [5.41, 5.74) is 0.129. The molecule has 3 rings (SSSR count). The summed E-state index contributed by atoms with van der Waals surface area (Å²) in [7, 11) is 0. The maximum Gasteiger partial charge on any atom is 0.337 e. The van der Waals surface area contributed by atoms with Crippen molar-refractivity contribution in [3.63, 3.8) is 0 Å². The van der Waals surface area contributed by atoms with Crippen molar-refractivity contribution < 1.29 is 9.90 Å². The molecule has 1 unspecified atom stereocenters. The number of fused-ring (bicyclic) bond motifs is 1. The van der Waals surface area contributed by atoms with Crippen molar-refractivity contribution in [1.29, 1.82) is 0 Å². The van der Waals surface area contributed by atoms with Gasteiger partial charge < -0.3 is 10.0 Å². The molecule has 1 N–H and O–H groups in total. The van der Waals surface area contributed by atoms with E-state index in [4.69, 9.17) is 16.7 Å². The smallest absolute Gasteiger partial charge is 0.337 e. The van der Waals surface area contributed by atoms with Gasteiger partial charge in [0.1, 0.15) is 5.82 Å². The van der Waals surface area contributed by atoms with Crippen molar-refractivity contribution in [1.82, 2.24) is 9.88 Å². The molecule has 1 atom stereocenters. The van der Waals surface area contributed by atoms with Crippen molar-refractivity contribution in [3.05, 3.63) is 22.8 Å². The van der Waals surface area contributed by atoms with Gasteiger partial charge in [-0.2, -0.15) is 0 Å². The highest BCUT2D eigenvalue weighted by atomic mass is 35.5. The number of carboxylic acid groups (broad SMARTS) is 1. The standard InChI is InChI=1S/C14H18ClN3O2/c15-12-8-16-13(7-11(12)14(19)20)18-6-2-5-17-4-1-3-10(17)9-18/h7-8,10H,1-6,9H2,(H,19,20). The van der Waals surface area contributed by atoms with E-state index in [1.165, 1.54) is 25.6 Å². The Labute approximate surface area is 123 Å². The van der Waals surface area contributed by atoms with Gasteiger partial charge in [0.25, 0.3) is 0 Å². The summed E-state index contributed by atoms with van der Waals surface area (Å²) in [4.78, 5) is 20.2. The van der Waals surface area contributed by atoms with Crippen molar-refractivity contribution in [3.8, 4) is 0 Å². The summed E-state index contributed by atoms with van der Waals surface area (Å²) in [6.45, 7) is 4.15. The average molecular weight is 296 g/mol. The molecular formula is C14H18ClN3O2. The highest BCUT2D eigenvalue weighted by Crippen LogP contribution is 2.26. The molecule has 2 saturated heterocycles. The van der Waals surface area contributed by atoms with Gasteiger partial charge in [0, 0.05) is 31.9 Å². The summed E-state index contributed by atoms with van der Waals surface area (Å²) in [5.74, 6) is -0.281. The minimum atomic E-state index is -1.00. The Morgan fingerprint density at radius 1 is 1.35 bits per heavy atom. The summed E-state index contributed by atoms with van der Waals surface area (Å²) >= 11 is 5.88. The van der Waals surface area contributed by atoms with Crippen molar-refractivity contribution in [2.45, 2.75) is 25.3 Å². The van der Waals surface area contributed by atoms with E-state index in [2.05, 4.69) is 14.8 Å². The van der Waals surface area contributed by atoms with Crippen molar-refractivity contribution in [2.75, 3.05) is 31.1 Å². The van der Waals surface area contributed by atoms with Crippen LogP contribution < -0.4 is 4.90 Å². The van der Waals surface area contributed by atoms with Gasteiger partial charge in [-0.25, -0.2) is 9.78 Å². The van der Waals surface area contributed by atoms with E-state index in [1.54, 1.807) is 6.07 Å². The SMILES string of the molecule is O=C(O)c1cc(N2CCCN3CCCC3C2)ncc1Cl. The number of anilines is 1. The summed E-state index contributed by atoms with van der Waals surface area (Å²) in [6, 6.07) is 2.16.